The minimum atomic E-state index is -0.767. The van der Waals surface area contributed by atoms with E-state index in [1.165, 1.54) is 13.8 Å². The van der Waals surface area contributed by atoms with Crippen molar-refractivity contribution >= 4 is 35.3 Å². The number of aryl methyl sites for hydroxylation is 2. The van der Waals surface area contributed by atoms with Crippen LogP contribution in [0, 0.1) is 27.7 Å². The average molecular weight is 503 g/mol. The molecule has 2 amide bonds. The standard InChI is InChI=1S/C24H30N4O8/c1-11-19(15(5)29)13(3)27-21(11)23(33)35-9-17(31)25-7-8-26-18(32)10-36-24(34)22-12(2)20(16(6)30)14(4)28-22/h27-28H,7-10H2,1-6H3,(H,25,31)(H,26,32). The molecule has 36 heavy (non-hydrogen) atoms. The second kappa shape index (κ2) is 12.0. The van der Waals surface area contributed by atoms with Gasteiger partial charge in [-0.2, -0.15) is 0 Å². The zero-order valence-electron chi connectivity index (χ0n) is 21.1. The maximum atomic E-state index is 12.2. The lowest BCUT2D eigenvalue weighted by Gasteiger charge is -2.08. The number of hydrogen-bond donors (Lipinski definition) is 4. The highest BCUT2D eigenvalue weighted by molar-refractivity contribution is 6.02. The van der Waals surface area contributed by atoms with Crippen LogP contribution in [0.4, 0.5) is 0 Å². The maximum Gasteiger partial charge on any atom is 0.355 e. The van der Waals surface area contributed by atoms with Crippen molar-refractivity contribution in [2.24, 2.45) is 0 Å². The number of carbonyl (C=O) groups is 6. The van der Waals surface area contributed by atoms with Gasteiger partial charge in [0, 0.05) is 35.6 Å². The van der Waals surface area contributed by atoms with Crippen LogP contribution >= 0.6 is 0 Å². The molecule has 0 aliphatic heterocycles. The van der Waals surface area contributed by atoms with Crippen LogP contribution in [0.5, 0.6) is 0 Å². The summed E-state index contributed by atoms with van der Waals surface area (Å²) in [6.07, 6.45) is 0. The van der Waals surface area contributed by atoms with E-state index in [4.69, 9.17) is 9.47 Å². The van der Waals surface area contributed by atoms with Crippen molar-refractivity contribution in [3.05, 3.63) is 45.0 Å². The van der Waals surface area contributed by atoms with Crippen molar-refractivity contribution < 1.29 is 38.2 Å². The van der Waals surface area contributed by atoms with E-state index < -0.39 is 37.0 Å². The number of carbonyl (C=O) groups excluding carboxylic acids is 6. The summed E-state index contributed by atoms with van der Waals surface area (Å²) < 4.78 is 9.95. The highest BCUT2D eigenvalue weighted by Crippen LogP contribution is 2.20. The number of aromatic amines is 2. The molecule has 0 saturated carbocycles. The molecule has 0 bridgehead atoms. The Bertz CT molecular complexity index is 1130. The molecular formula is C24H30N4O8. The predicted octanol–water partition coefficient (Wildman–Crippen LogP) is 1.23. The Labute approximate surface area is 207 Å². The number of esters is 2. The third-order valence-electron chi connectivity index (χ3n) is 5.43. The van der Waals surface area contributed by atoms with Crippen LogP contribution in [-0.4, -0.2) is 71.6 Å². The first-order valence-corrected chi connectivity index (χ1v) is 11.1. The molecule has 0 fully saturated rings. The van der Waals surface area contributed by atoms with Crippen LogP contribution in [0.3, 0.4) is 0 Å². The number of Topliss-reactive ketones (excluding diaryl/α,β-unsaturated/α-hetero) is 2. The van der Waals surface area contributed by atoms with E-state index >= 15 is 0 Å². The van der Waals surface area contributed by atoms with E-state index in [1.807, 2.05) is 0 Å². The molecule has 0 unspecified atom stereocenters. The molecule has 0 spiro atoms. The second-order valence-corrected chi connectivity index (χ2v) is 8.21. The van der Waals surface area contributed by atoms with E-state index in [-0.39, 0.29) is 36.0 Å². The van der Waals surface area contributed by atoms with Crippen LogP contribution in [0.25, 0.3) is 0 Å². The highest BCUT2D eigenvalue weighted by Gasteiger charge is 2.22. The number of H-pyrrole nitrogens is 2. The van der Waals surface area contributed by atoms with Gasteiger partial charge in [-0.1, -0.05) is 0 Å². The molecule has 12 nitrogen and oxygen atoms in total. The first-order chi connectivity index (χ1) is 16.8. The lowest BCUT2D eigenvalue weighted by molar-refractivity contribution is -0.125. The quantitative estimate of drug-likeness (QED) is 0.201. The highest BCUT2D eigenvalue weighted by atomic mass is 16.5. The van der Waals surface area contributed by atoms with Gasteiger partial charge in [0.2, 0.25) is 0 Å². The smallest absolute Gasteiger partial charge is 0.355 e. The van der Waals surface area contributed by atoms with Gasteiger partial charge >= 0.3 is 11.9 Å². The summed E-state index contributed by atoms with van der Waals surface area (Å²) in [6, 6.07) is 0. The monoisotopic (exact) mass is 502 g/mol. The topological polar surface area (TPSA) is 177 Å². The van der Waals surface area contributed by atoms with Gasteiger partial charge in [-0.15, -0.1) is 0 Å². The SMILES string of the molecule is CC(=O)c1c(C)[nH]c(C(=O)OCC(=O)NCCNC(=O)COC(=O)c2[nH]c(C)c(C(C)=O)c2C)c1C. The van der Waals surface area contributed by atoms with Gasteiger partial charge in [0.1, 0.15) is 11.4 Å². The molecule has 0 aliphatic rings. The van der Waals surface area contributed by atoms with Gasteiger partial charge in [-0.3, -0.25) is 19.2 Å². The number of nitrogens with one attached hydrogen (secondary N) is 4. The first kappa shape index (κ1) is 28.0. The van der Waals surface area contributed by atoms with Crippen molar-refractivity contribution in [1.82, 2.24) is 20.6 Å². The minimum Gasteiger partial charge on any atom is -0.451 e. The fourth-order valence-corrected chi connectivity index (χ4v) is 3.88. The van der Waals surface area contributed by atoms with Gasteiger partial charge < -0.3 is 30.1 Å². The van der Waals surface area contributed by atoms with Crippen molar-refractivity contribution in [3.63, 3.8) is 0 Å². The van der Waals surface area contributed by atoms with Crippen LogP contribution in [0.2, 0.25) is 0 Å². The zero-order valence-corrected chi connectivity index (χ0v) is 21.1. The number of ether oxygens (including phenoxy) is 2. The summed E-state index contributed by atoms with van der Waals surface area (Å²) in [7, 11) is 0. The van der Waals surface area contributed by atoms with Crippen molar-refractivity contribution in [2.75, 3.05) is 26.3 Å². The molecule has 12 heteroatoms. The van der Waals surface area contributed by atoms with Crippen LogP contribution < -0.4 is 10.6 Å². The normalized spacial score (nSPS) is 10.5. The first-order valence-electron chi connectivity index (χ1n) is 11.1. The average Bonchev–Trinajstić information content (AvgIpc) is 3.27. The maximum absolute atomic E-state index is 12.2. The number of ketones is 2. The van der Waals surface area contributed by atoms with E-state index in [0.717, 1.165) is 0 Å². The summed E-state index contributed by atoms with van der Waals surface area (Å²) in [5.41, 5.74) is 3.01. The molecule has 0 radical (unpaired) electrons. The Balaban J connectivity index is 1.70. The zero-order chi connectivity index (χ0) is 27.2. The van der Waals surface area contributed by atoms with E-state index in [2.05, 4.69) is 20.6 Å². The molecular weight excluding hydrogens is 472 g/mol. The fourth-order valence-electron chi connectivity index (χ4n) is 3.88. The Hall–Kier alpha value is -4.22. The molecule has 0 aromatic carbocycles. The number of aromatic nitrogens is 2. The molecule has 4 N–H and O–H groups in total. The summed E-state index contributed by atoms with van der Waals surface area (Å²) in [5.74, 6) is -3.09. The Morgan fingerprint density at radius 1 is 0.639 bits per heavy atom. The van der Waals surface area contributed by atoms with Crippen LogP contribution in [-0.2, 0) is 19.1 Å². The van der Waals surface area contributed by atoms with Crippen molar-refractivity contribution in [1.29, 1.82) is 0 Å². The largest absolute Gasteiger partial charge is 0.451 e. The van der Waals surface area contributed by atoms with E-state index in [0.29, 0.717) is 33.6 Å². The Kier molecular flexibility index (Phi) is 9.31. The second-order valence-electron chi connectivity index (χ2n) is 8.21. The molecule has 0 saturated heterocycles. The number of rotatable bonds is 11. The van der Waals surface area contributed by atoms with Gasteiger partial charge in [-0.25, -0.2) is 9.59 Å². The van der Waals surface area contributed by atoms with E-state index in [9.17, 15) is 28.8 Å². The molecule has 0 aliphatic carbocycles. The number of hydrogen-bond acceptors (Lipinski definition) is 8. The van der Waals surface area contributed by atoms with E-state index in [1.54, 1.807) is 27.7 Å². The molecule has 2 aromatic heterocycles. The lowest BCUT2D eigenvalue weighted by atomic mass is 10.1. The van der Waals surface area contributed by atoms with Crippen molar-refractivity contribution in [3.8, 4) is 0 Å². The lowest BCUT2D eigenvalue weighted by Crippen LogP contribution is -2.38. The predicted molar refractivity (Wildman–Crippen MR) is 127 cm³/mol. The van der Waals surface area contributed by atoms with Gasteiger partial charge in [0.05, 0.1) is 0 Å². The Morgan fingerprint density at radius 3 is 1.25 bits per heavy atom. The molecule has 2 heterocycles. The summed E-state index contributed by atoms with van der Waals surface area (Å²) in [6.45, 7) is 8.32. The summed E-state index contributed by atoms with van der Waals surface area (Å²) in [5, 5.41) is 4.94. The van der Waals surface area contributed by atoms with Crippen LogP contribution in [0.15, 0.2) is 0 Å². The molecule has 2 rings (SSSR count). The van der Waals surface area contributed by atoms with Crippen molar-refractivity contribution in [2.45, 2.75) is 41.5 Å². The minimum absolute atomic E-state index is 0.0437. The molecule has 0 atom stereocenters. The molecule has 2 aromatic rings. The van der Waals surface area contributed by atoms with Crippen LogP contribution in [0.1, 0.15) is 78.1 Å². The Morgan fingerprint density at radius 2 is 0.972 bits per heavy atom. The third kappa shape index (κ3) is 6.68. The molecule has 194 valence electrons. The fraction of sp³-hybridized carbons (Fsp3) is 0.417. The summed E-state index contributed by atoms with van der Waals surface area (Å²) >= 11 is 0. The summed E-state index contributed by atoms with van der Waals surface area (Å²) in [4.78, 5) is 77.2. The van der Waals surface area contributed by atoms with Gasteiger partial charge in [0.25, 0.3) is 11.8 Å². The number of amides is 2. The third-order valence-corrected chi connectivity index (χ3v) is 5.43. The van der Waals surface area contributed by atoms with Gasteiger partial charge in [0.15, 0.2) is 24.8 Å². The van der Waals surface area contributed by atoms with Gasteiger partial charge in [-0.05, 0) is 52.7 Å².